The van der Waals surface area contributed by atoms with Crippen molar-refractivity contribution < 1.29 is 9.90 Å². The van der Waals surface area contributed by atoms with Crippen molar-refractivity contribution in [3.8, 4) is 0 Å². The Balaban J connectivity index is 1.92. The number of fused-ring (bicyclic) bond motifs is 1. The first-order valence-electron chi connectivity index (χ1n) is 8.67. The molecule has 0 aromatic heterocycles. The molecule has 0 radical (unpaired) electrons. The molecule has 2 aliphatic rings. The van der Waals surface area contributed by atoms with Gasteiger partial charge in [0.2, 0.25) is 0 Å². The van der Waals surface area contributed by atoms with E-state index in [-0.39, 0.29) is 5.54 Å². The fraction of sp³-hybridized carbons (Fsp3) is 0.611. The highest BCUT2D eigenvalue weighted by molar-refractivity contribution is 5.83. The van der Waals surface area contributed by atoms with Crippen LogP contribution in [0.1, 0.15) is 33.1 Å². The quantitative estimate of drug-likeness (QED) is 0.894. The lowest BCUT2D eigenvalue weighted by molar-refractivity contribution is -0.138. The Morgan fingerprint density at radius 2 is 2.00 bits per heavy atom. The molecule has 0 bridgehead atoms. The van der Waals surface area contributed by atoms with Crippen LogP contribution in [0.3, 0.4) is 0 Å². The van der Waals surface area contributed by atoms with Crippen molar-refractivity contribution >= 4 is 17.3 Å². The Kier molecular flexibility index (Phi) is 4.48. The van der Waals surface area contributed by atoms with Gasteiger partial charge in [0.25, 0.3) is 0 Å². The van der Waals surface area contributed by atoms with Gasteiger partial charge in [-0.3, -0.25) is 0 Å². The van der Waals surface area contributed by atoms with Gasteiger partial charge in [-0.15, -0.1) is 0 Å². The first-order valence-corrected chi connectivity index (χ1v) is 8.67. The molecule has 1 spiro atoms. The third-order valence-electron chi connectivity index (χ3n) is 5.39. The normalized spacial score (nSPS) is 21.6. The lowest BCUT2D eigenvalue weighted by atomic mass is 9.83. The van der Waals surface area contributed by atoms with Crippen LogP contribution in [0.15, 0.2) is 24.3 Å². The molecule has 1 atom stereocenters. The predicted octanol–water partition coefficient (Wildman–Crippen LogP) is 2.64. The monoisotopic (exact) mass is 317 g/mol. The fourth-order valence-electron chi connectivity index (χ4n) is 3.95. The Hall–Kier alpha value is -1.75. The number of aliphatic carboxylic acids is 1. The molecule has 5 nitrogen and oxygen atoms in total. The molecular weight excluding hydrogens is 290 g/mol. The molecule has 126 valence electrons. The summed E-state index contributed by atoms with van der Waals surface area (Å²) in [7, 11) is 0. The largest absolute Gasteiger partial charge is 0.480 e. The molecule has 2 aliphatic heterocycles. The van der Waals surface area contributed by atoms with Crippen LogP contribution in [-0.2, 0) is 4.79 Å². The highest BCUT2D eigenvalue weighted by Gasteiger charge is 2.42. The van der Waals surface area contributed by atoms with E-state index in [0.29, 0.717) is 6.42 Å². The van der Waals surface area contributed by atoms with Crippen molar-refractivity contribution in [2.45, 2.75) is 44.7 Å². The molecule has 0 aliphatic carbocycles. The zero-order chi connectivity index (χ0) is 16.4. The number of carboxylic acids is 1. The fourth-order valence-corrected chi connectivity index (χ4v) is 3.95. The van der Waals surface area contributed by atoms with Gasteiger partial charge in [0.15, 0.2) is 0 Å². The van der Waals surface area contributed by atoms with E-state index in [9.17, 15) is 9.90 Å². The van der Waals surface area contributed by atoms with Crippen molar-refractivity contribution in [3.63, 3.8) is 0 Å². The molecule has 3 rings (SSSR count). The predicted molar refractivity (Wildman–Crippen MR) is 93.2 cm³/mol. The van der Waals surface area contributed by atoms with Crippen LogP contribution >= 0.6 is 0 Å². The molecular formula is C18H27N3O2. The summed E-state index contributed by atoms with van der Waals surface area (Å²) in [6.07, 6.45) is 2.73. The Morgan fingerprint density at radius 3 is 2.61 bits per heavy atom. The molecule has 2 N–H and O–H groups in total. The number of nitrogens with zero attached hydrogens (tertiary/aromatic N) is 2. The van der Waals surface area contributed by atoms with Gasteiger partial charge in [-0.25, -0.2) is 4.79 Å². The van der Waals surface area contributed by atoms with Crippen LogP contribution in [0, 0.1) is 0 Å². The molecule has 0 saturated carbocycles. The zero-order valence-electron chi connectivity index (χ0n) is 14.1. The summed E-state index contributed by atoms with van der Waals surface area (Å²) < 4.78 is 0. The van der Waals surface area contributed by atoms with E-state index in [4.69, 9.17) is 0 Å². The number of carboxylic acid groups (broad SMARTS) is 1. The van der Waals surface area contributed by atoms with Gasteiger partial charge in [-0.1, -0.05) is 26.0 Å². The SMILES string of the molecule is CCC(C(=O)O)N1CC2(CCN(CC)CC2)Nc2ccccc21. The molecule has 1 aromatic carbocycles. The van der Waals surface area contributed by atoms with Crippen LogP contribution < -0.4 is 10.2 Å². The average molecular weight is 317 g/mol. The van der Waals surface area contributed by atoms with Gasteiger partial charge in [0.05, 0.1) is 16.9 Å². The summed E-state index contributed by atoms with van der Waals surface area (Å²) in [6, 6.07) is 7.65. The van der Waals surface area contributed by atoms with Gasteiger partial charge in [-0.2, -0.15) is 0 Å². The van der Waals surface area contributed by atoms with E-state index in [1.54, 1.807) is 0 Å². The van der Waals surface area contributed by atoms with Gasteiger partial charge < -0.3 is 20.2 Å². The smallest absolute Gasteiger partial charge is 0.326 e. The minimum absolute atomic E-state index is 0.0110. The van der Waals surface area contributed by atoms with Crippen molar-refractivity contribution in [2.24, 2.45) is 0 Å². The third kappa shape index (κ3) is 3.02. The summed E-state index contributed by atoms with van der Waals surface area (Å²) in [5.41, 5.74) is 2.08. The number of likely N-dealkylation sites (tertiary alicyclic amines) is 1. The molecule has 1 aromatic rings. The lowest BCUT2D eigenvalue weighted by Gasteiger charge is -2.51. The van der Waals surface area contributed by atoms with E-state index < -0.39 is 12.0 Å². The van der Waals surface area contributed by atoms with Gasteiger partial charge in [0.1, 0.15) is 6.04 Å². The first kappa shape index (κ1) is 16.1. The van der Waals surface area contributed by atoms with Gasteiger partial charge in [0, 0.05) is 19.6 Å². The van der Waals surface area contributed by atoms with Crippen LogP contribution in [0.2, 0.25) is 0 Å². The summed E-state index contributed by atoms with van der Waals surface area (Å²) in [5, 5.41) is 13.4. The number of hydrogen-bond donors (Lipinski definition) is 2. The number of carbonyl (C=O) groups is 1. The number of para-hydroxylation sites is 2. The Bertz CT molecular complexity index is 567. The van der Waals surface area contributed by atoms with E-state index in [1.165, 1.54) is 0 Å². The summed E-state index contributed by atoms with van der Waals surface area (Å²) in [6.45, 7) is 8.16. The summed E-state index contributed by atoms with van der Waals surface area (Å²) in [4.78, 5) is 16.3. The van der Waals surface area contributed by atoms with Crippen molar-refractivity contribution in [3.05, 3.63) is 24.3 Å². The third-order valence-corrected chi connectivity index (χ3v) is 5.39. The number of benzene rings is 1. The lowest BCUT2D eigenvalue weighted by Crippen LogP contribution is -2.60. The second-order valence-corrected chi connectivity index (χ2v) is 6.75. The molecule has 0 amide bonds. The van der Waals surface area contributed by atoms with Gasteiger partial charge in [-0.05, 0) is 37.9 Å². The Morgan fingerprint density at radius 1 is 1.30 bits per heavy atom. The van der Waals surface area contributed by atoms with Crippen LogP contribution in [0.5, 0.6) is 0 Å². The molecule has 1 unspecified atom stereocenters. The van der Waals surface area contributed by atoms with Crippen molar-refractivity contribution in [1.29, 1.82) is 0 Å². The summed E-state index contributed by atoms with van der Waals surface area (Å²) in [5.74, 6) is -0.731. The average Bonchev–Trinajstić information content (AvgIpc) is 2.56. The van der Waals surface area contributed by atoms with Crippen LogP contribution in [-0.4, -0.2) is 53.7 Å². The molecule has 5 heteroatoms. The zero-order valence-corrected chi connectivity index (χ0v) is 14.1. The molecule has 1 fully saturated rings. The number of rotatable bonds is 4. The highest BCUT2D eigenvalue weighted by atomic mass is 16.4. The molecule has 23 heavy (non-hydrogen) atoms. The minimum Gasteiger partial charge on any atom is -0.480 e. The highest BCUT2D eigenvalue weighted by Crippen LogP contribution is 2.40. The van der Waals surface area contributed by atoms with Gasteiger partial charge >= 0.3 is 5.97 Å². The van der Waals surface area contributed by atoms with Crippen molar-refractivity contribution in [2.75, 3.05) is 36.4 Å². The second-order valence-electron chi connectivity index (χ2n) is 6.75. The number of piperidine rings is 1. The first-order chi connectivity index (χ1) is 11.1. The van der Waals surface area contributed by atoms with Crippen LogP contribution in [0.4, 0.5) is 11.4 Å². The maximum atomic E-state index is 11.7. The van der Waals surface area contributed by atoms with E-state index >= 15 is 0 Å². The van der Waals surface area contributed by atoms with E-state index in [1.807, 2.05) is 25.1 Å². The second kappa shape index (κ2) is 6.40. The van der Waals surface area contributed by atoms with E-state index in [2.05, 4.69) is 28.1 Å². The number of anilines is 2. The summed E-state index contributed by atoms with van der Waals surface area (Å²) >= 11 is 0. The van der Waals surface area contributed by atoms with E-state index in [0.717, 1.165) is 50.4 Å². The molecule has 2 heterocycles. The minimum atomic E-state index is -0.731. The topological polar surface area (TPSA) is 55.8 Å². The maximum absolute atomic E-state index is 11.7. The maximum Gasteiger partial charge on any atom is 0.326 e. The Labute approximate surface area is 138 Å². The standard InChI is InChI=1S/C18H27N3O2/c1-3-15(17(22)23)21-13-18(9-11-20(4-2)12-10-18)19-14-7-5-6-8-16(14)21/h5-8,15,19H,3-4,9-13H2,1-2H3,(H,22,23). The van der Waals surface area contributed by atoms with Crippen LogP contribution in [0.25, 0.3) is 0 Å². The number of hydrogen-bond acceptors (Lipinski definition) is 4. The number of nitrogens with one attached hydrogen (secondary N) is 1. The van der Waals surface area contributed by atoms with Crippen molar-refractivity contribution in [1.82, 2.24) is 4.90 Å². The molecule has 1 saturated heterocycles.